The molecule has 1 saturated heterocycles. The van der Waals surface area contributed by atoms with Gasteiger partial charge in [0.1, 0.15) is 9.84 Å². The minimum absolute atomic E-state index is 0.176. The molecule has 0 aromatic heterocycles. The summed E-state index contributed by atoms with van der Waals surface area (Å²) in [5.74, 6) is 1.83. The first-order chi connectivity index (χ1) is 9.71. The third-order valence-corrected chi connectivity index (χ3v) is 6.85. The zero-order chi connectivity index (χ0) is 15.7. The molecule has 1 heterocycles. The normalized spacial score (nSPS) is 32.0. The summed E-state index contributed by atoms with van der Waals surface area (Å²) in [7, 11) is -2.74. The maximum atomic E-state index is 11.4. The lowest BCUT2D eigenvalue weighted by Crippen LogP contribution is -2.61. The van der Waals surface area contributed by atoms with Crippen molar-refractivity contribution in [1.29, 1.82) is 0 Å². The summed E-state index contributed by atoms with van der Waals surface area (Å²) < 4.78 is 28.9. The number of ether oxygens (including phenoxy) is 1. The Kier molecular flexibility index (Phi) is 5.37. The van der Waals surface area contributed by atoms with Crippen molar-refractivity contribution in [3.8, 4) is 0 Å². The van der Waals surface area contributed by atoms with Crippen molar-refractivity contribution in [2.45, 2.75) is 59.1 Å². The molecule has 0 bridgehead atoms. The van der Waals surface area contributed by atoms with Crippen LogP contribution < -0.4 is 5.32 Å². The highest BCUT2D eigenvalue weighted by Gasteiger charge is 2.48. The summed E-state index contributed by atoms with van der Waals surface area (Å²) in [6.45, 7) is 10.7. The molecule has 1 N–H and O–H groups in total. The van der Waals surface area contributed by atoms with Gasteiger partial charge in [0.15, 0.2) is 0 Å². The zero-order valence-electron chi connectivity index (χ0n) is 13.9. The van der Waals surface area contributed by atoms with Crippen LogP contribution in [0.5, 0.6) is 0 Å². The molecule has 4 nitrogen and oxygen atoms in total. The lowest BCUT2D eigenvalue weighted by Gasteiger charge is -2.52. The standard InChI is InChI=1S/C16H31NO3S/c1-12(2)11-20-15-9-14(16(15,3)4)17-10-13-5-7-21(18,19)8-6-13/h12-15,17H,5-11H2,1-4H3/t14-,15+/m0/s1. The van der Waals surface area contributed by atoms with E-state index in [2.05, 4.69) is 33.0 Å². The van der Waals surface area contributed by atoms with Crippen molar-refractivity contribution in [1.82, 2.24) is 5.32 Å². The van der Waals surface area contributed by atoms with Gasteiger partial charge < -0.3 is 10.1 Å². The Hall–Kier alpha value is -0.130. The van der Waals surface area contributed by atoms with E-state index >= 15 is 0 Å². The van der Waals surface area contributed by atoms with Gasteiger partial charge in [-0.25, -0.2) is 8.42 Å². The van der Waals surface area contributed by atoms with E-state index < -0.39 is 9.84 Å². The highest BCUT2D eigenvalue weighted by Crippen LogP contribution is 2.43. The van der Waals surface area contributed by atoms with E-state index in [-0.39, 0.29) is 5.41 Å². The third kappa shape index (κ3) is 4.42. The van der Waals surface area contributed by atoms with Crippen molar-refractivity contribution in [3.05, 3.63) is 0 Å². The van der Waals surface area contributed by atoms with Crippen molar-refractivity contribution in [3.63, 3.8) is 0 Å². The van der Waals surface area contributed by atoms with Crippen LogP contribution in [0.3, 0.4) is 0 Å². The summed E-state index contributed by atoms with van der Waals surface area (Å²) in [6, 6.07) is 0.494. The van der Waals surface area contributed by atoms with Crippen molar-refractivity contribution >= 4 is 9.84 Å². The highest BCUT2D eigenvalue weighted by atomic mass is 32.2. The molecule has 124 valence electrons. The molecule has 5 heteroatoms. The van der Waals surface area contributed by atoms with Gasteiger partial charge in [-0.3, -0.25) is 0 Å². The van der Waals surface area contributed by atoms with Gasteiger partial charge in [0.25, 0.3) is 0 Å². The fourth-order valence-electron chi connectivity index (χ4n) is 3.28. The largest absolute Gasteiger partial charge is 0.377 e. The lowest BCUT2D eigenvalue weighted by molar-refractivity contribution is -0.124. The molecule has 2 atom stereocenters. The fraction of sp³-hybridized carbons (Fsp3) is 1.00. The van der Waals surface area contributed by atoms with Crippen LogP contribution in [0.15, 0.2) is 0 Å². The first-order valence-corrected chi connectivity index (χ1v) is 10.1. The smallest absolute Gasteiger partial charge is 0.150 e. The van der Waals surface area contributed by atoms with E-state index in [1.807, 2.05) is 0 Å². The summed E-state index contributed by atoms with van der Waals surface area (Å²) in [6.07, 6.45) is 3.06. The Balaban J connectivity index is 1.71. The SMILES string of the molecule is CC(C)CO[C@@H]1C[C@H](NCC2CCS(=O)(=O)CC2)C1(C)C. The van der Waals surface area contributed by atoms with Crippen molar-refractivity contribution < 1.29 is 13.2 Å². The summed E-state index contributed by atoms with van der Waals surface area (Å²) in [4.78, 5) is 0. The van der Waals surface area contributed by atoms with Gasteiger partial charge in [0, 0.05) is 18.1 Å². The molecule has 2 aliphatic rings. The fourth-order valence-corrected chi connectivity index (χ4v) is 4.86. The molecule has 0 amide bonds. The Morgan fingerprint density at radius 3 is 2.38 bits per heavy atom. The van der Waals surface area contributed by atoms with Crippen LogP contribution in [-0.2, 0) is 14.6 Å². The Labute approximate surface area is 129 Å². The molecule has 1 saturated carbocycles. The second-order valence-electron chi connectivity index (χ2n) is 7.83. The van der Waals surface area contributed by atoms with Gasteiger partial charge in [-0.15, -0.1) is 0 Å². The predicted molar refractivity (Wildman–Crippen MR) is 86.1 cm³/mol. The highest BCUT2D eigenvalue weighted by molar-refractivity contribution is 7.91. The van der Waals surface area contributed by atoms with E-state index in [9.17, 15) is 8.42 Å². The van der Waals surface area contributed by atoms with Crippen LogP contribution in [0.25, 0.3) is 0 Å². The molecular weight excluding hydrogens is 286 g/mol. The maximum Gasteiger partial charge on any atom is 0.150 e. The molecule has 21 heavy (non-hydrogen) atoms. The van der Waals surface area contributed by atoms with Gasteiger partial charge in [-0.2, -0.15) is 0 Å². The van der Waals surface area contributed by atoms with E-state index in [0.717, 1.165) is 32.4 Å². The lowest BCUT2D eigenvalue weighted by atomic mass is 9.64. The average Bonchev–Trinajstić information content (AvgIpc) is 2.38. The van der Waals surface area contributed by atoms with Gasteiger partial charge in [-0.1, -0.05) is 27.7 Å². The quantitative estimate of drug-likeness (QED) is 0.816. The molecule has 0 aromatic rings. The molecule has 0 unspecified atom stereocenters. The number of nitrogens with one attached hydrogen (secondary N) is 1. The van der Waals surface area contributed by atoms with Gasteiger partial charge in [0.2, 0.25) is 0 Å². The third-order valence-electron chi connectivity index (χ3n) is 5.14. The Morgan fingerprint density at radius 2 is 1.86 bits per heavy atom. The zero-order valence-corrected chi connectivity index (χ0v) is 14.7. The van der Waals surface area contributed by atoms with Gasteiger partial charge >= 0.3 is 0 Å². The van der Waals surface area contributed by atoms with E-state index in [4.69, 9.17) is 4.74 Å². The predicted octanol–water partition coefficient (Wildman–Crippen LogP) is 2.24. The molecule has 1 aliphatic carbocycles. The minimum atomic E-state index is -2.74. The number of sulfone groups is 1. The maximum absolute atomic E-state index is 11.4. The van der Waals surface area contributed by atoms with E-state index in [1.165, 1.54) is 0 Å². The first-order valence-electron chi connectivity index (χ1n) is 8.26. The molecular formula is C16H31NO3S. The van der Waals surface area contributed by atoms with Gasteiger partial charge in [0.05, 0.1) is 17.6 Å². The van der Waals surface area contributed by atoms with Crippen LogP contribution in [-0.4, -0.2) is 45.2 Å². The second-order valence-corrected chi connectivity index (χ2v) is 10.1. The summed E-state index contributed by atoms with van der Waals surface area (Å²) >= 11 is 0. The molecule has 0 radical (unpaired) electrons. The molecule has 2 rings (SSSR count). The molecule has 1 aliphatic heterocycles. The van der Waals surface area contributed by atoms with Crippen molar-refractivity contribution in [2.24, 2.45) is 17.3 Å². The molecule has 2 fully saturated rings. The average molecular weight is 317 g/mol. The van der Waals surface area contributed by atoms with Crippen molar-refractivity contribution in [2.75, 3.05) is 24.7 Å². The van der Waals surface area contributed by atoms with Gasteiger partial charge in [-0.05, 0) is 37.6 Å². The van der Waals surface area contributed by atoms with Crippen LogP contribution in [0.1, 0.15) is 47.0 Å². The van der Waals surface area contributed by atoms with E-state index in [1.54, 1.807) is 0 Å². The Bertz CT molecular complexity index is 430. The topological polar surface area (TPSA) is 55.4 Å². The van der Waals surface area contributed by atoms with E-state index in [0.29, 0.717) is 35.5 Å². The summed E-state index contributed by atoms with van der Waals surface area (Å²) in [5, 5.41) is 3.65. The minimum Gasteiger partial charge on any atom is -0.377 e. The van der Waals surface area contributed by atoms with Crippen LogP contribution in [0.4, 0.5) is 0 Å². The van der Waals surface area contributed by atoms with Crippen LogP contribution in [0.2, 0.25) is 0 Å². The number of hydrogen-bond acceptors (Lipinski definition) is 4. The first kappa shape index (κ1) is 17.2. The van der Waals surface area contributed by atoms with Crippen LogP contribution in [0, 0.1) is 17.3 Å². The molecule has 0 spiro atoms. The Morgan fingerprint density at radius 1 is 1.24 bits per heavy atom. The number of rotatable bonds is 6. The number of hydrogen-bond donors (Lipinski definition) is 1. The summed E-state index contributed by atoms with van der Waals surface area (Å²) in [5.41, 5.74) is 0.176. The molecule has 0 aromatic carbocycles. The monoisotopic (exact) mass is 317 g/mol. The van der Waals surface area contributed by atoms with Crippen LogP contribution >= 0.6 is 0 Å². The second kappa shape index (κ2) is 6.55.